The Bertz CT molecular complexity index is 895. The third-order valence-electron chi connectivity index (χ3n) is 5.80. The Kier molecular flexibility index (Phi) is 5.62. The first-order valence-electron chi connectivity index (χ1n) is 10.3. The van der Waals surface area contributed by atoms with Crippen molar-refractivity contribution in [2.24, 2.45) is 0 Å². The maximum atomic E-state index is 13.2. The molecule has 8 nitrogen and oxygen atoms in total. The van der Waals surface area contributed by atoms with Crippen molar-refractivity contribution < 1.29 is 14.3 Å². The molecule has 2 atom stereocenters. The Morgan fingerprint density at radius 3 is 2.79 bits per heavy atom. The van der Waals surface area contributed by atoms with E-state index in [1.54, 1.807) is 24.5 Å². The van der Waals surface area contributed by atoms with Gasteiger partial charge in [-0.1, -0.05) is 6.92 Å². The molecule has 1 fully saturated rings. The van der Waals surface area contributed by atoms with Crippen LogP contribution in [0.2, 0.25) is 0 Å². The molecule has 29 heavy (non-hydrogen) atoms. The lowest BCUT2D eigenvalue weighted by molar-refractivity contribution is 0.0683. The van der Waals surface area contributed by atoms with E-state index in [0.29, 0.717) is 43.3 Å². The number of nitrogens with one attached hydrogen (secondary N) is 1. The SMILES string of the molecule is CCC(NC(=O)c1cc(C(=O)N2CCCC2C)n2c1COCC2)c1ncccn1. The minimum atomic E-state index is -0.290. The molecule has 0 radical (unpaired) electrons. The lowest BCUT2D eigenvalue weighted by atomic mass is 10.1. The fourth-order valence-electron chi connectivity index (χ4n) is 4.16. The van der Waals surface area contributed by atoms with Crippen molar-refractivity contribution in [2.45, 2.75) is 58.3 Å². The summed E-state index contributed by atoms with van der Waals surface area (Å²) < 4.78 is 7.54. The number of hydrogen-bond donors (Lipinski definition) is 1. The van der Waals surface area contributed by atoms with E-state index in [0.717, 1.165) is 25.1 Å². The molecule has 8 heteroatoms. The van der Waals surface area contributed by atoms with E-state index >= 15 is 0 Å². The van der Waals surface area contributed by atoms with Crippen molar-refractivity contribution in [3.63, 3.8) is 0 Å². The van der Waals surface area contributed by atoms with E-state index in [-0.39, 0.29) is 23.9 Å². The first-order valence-corrected chi connectivity index (χ1v) is 10.3. The van der Waals surface area contributed by atoms with Crippen LogP contribution in [0.15, 0.2) is 24.5 Å². The number of likely N-dealkylation sites (tertiary alicyclic amines) is 1. The number of rotatable bonds is 5. The second kappa shape index (κ2) is 8.32. The summed E-state index contributed by atoms with van der Waals surface area (Å²) in [5, 5.41) is 3.02. The van der Waals surface area contributed by atoms with Crippen molar-refractivity contribution in [2.75, 3.05) is 13.2 Å². The molecule has 1 saturated heterocycles. The fraction of sp³-hybridized carbons (Fsp3) is 0.524. The number of aromatic nitrogens is 3. The molecule has 0 aliphatic carbocycles. The van der Waals surface area contributed by atoms with Gasteiger partial charge < -0.3 is 19.5 Å². The van der Waals surface area contributed by atoms with Gasteiger partial charge in [0.2, 0.25) is 0 Å². The first kappa shape index (κ1) is 19.6. The van der Waals surface area contributed by atoms with Crippen LogP contribution in [-0.4, -0.2) is 50.4 Å². The van der Waals surface area contributed by atoms with Crippen LogP contribution in [0.5, 0.6) is 0 Å². The van der Waals surface area contributed by atoms with Crippen LogP contribution in [0.3, 0.4) is 0 Å². The van der Waals surface area contributed by atoms with Crippen LogP contribution in [0.25, 0.3) is 0 Å². The molecule has 154 valence electrons. The number of carbonyl (C=O) groups excluding carboxylic acids is 2. The van der Waals surface area contributed by atoms with Gasteiger partial charge in [-0.15, -0.1) is 0 Å². The van der Waals surface area contributed by atoms with Crippen LogP contribution in [0, 0.1) is 0 Å². The lowest BCUT2D eigenvalue weighted by Crippen LogP contribution is -2.35. The van der Waals surface area contributed by atoms with Gasteiger partial charge in [0.05, 0.1) is 30.5 Å². The van der Waals surface area contributed by atoms with Crippen molar-refractivity contribution in [1.29, 1.82) is 0 Å². The van der Waals surface area contributed by atoms with Gasteiger partial charge >= 0.3 is 0 Å². The number of carbonyl (C=O) groups is 2. The summed E-state index contributed by atoms with van der Waals surface area (Å²) in [7, 11) is 0. The Morgan fingerprint density at radius 1 is 1.31 bits per heavy atom. The molecule has 4 heterocycles. The summed E-state index contributed by atoms with van der Waals surface area (Å²) in [6.45, 7) is 6.25. The number of nitrogens with zero attached hydrogens (tertiary/aromatic N) is 4. The molecule has 4 rings (SSSR count). The number of amides is 2. The van der Waals surface area contributed by atoms with Gasteiger partial charge in [0.1, 0.15) is 11.5 Å². The molecule has 0 bridgehead atoms. The van der Waals surface area contributed by atoms with E-state index < -0.39 is 0 Å². The average Bonchev–Trinajstić information content (AvgIpc) is 3.36. The van der Waals surface area contributed by atoms with E-state index in [9.17, 15) is 9.59 Å². The molecule has 0 aromatic carbocycles. The minimum Gasteiger partial charge on any atom is -0.373 e. The smallest absolute Gasteiger partial charge is 0.270 e. The maximum Gasteiger partial charge on any atom is 0.270 e. The predicted octanol–water partition coefficient (Wildman–Crippen LogP) is 2.31. The van der Waals surface area contributed by atoms with Crippen molar-refractivity contribution in [1.82, 2.24) is 24.8 Å². The van der Waals surface area contributed by atoms with Crippen molar-refractivity contribution in [3.05, 3.63) is 47.3 Å². The molecule has 2 aromatic heterocycles. The highest BCUT2D eigenvalue weighted by atomic mass is 16.5. The van der Waals surface area contributed by atoms with Gasteiger partial charge in [-0.2, -0.15) is 0 Å². The molecule has 0 saturated carbocycles. The highest BCUT2D eigenvalue weighted by molar-refractivity contribution is 6.01. The van der Waals surface area contributed by atoms with Gasteiger partial charge in [-0.3, -0.25) is 9.59 Å². The molecular formula is C21H27N5O3. The molecule has 2 aliphatic heterocycles. The van der Waals surface area contributed by atoms with Gasteiger partial charge in [0.15, 0.2) is 0 Å². The first-order chi connectivity index (χ1) is 14.1. The highest BCUT2D eigenvalue weighted by Gasteiger charge is 2.32. The van der Waals surface area contributed by atoms with Crippen LogP contribution in [0.4, 0.5) is 0 Å². The van der Waals surface area contributed by atoms with E-state index in [1.165, 1.54) is 0 Å². The Hall–Kier alpha value is -2.74. The topological polar surface area (TPSA) is 89.4 Å². The summed E-state index contributed by atoms with van der Waals surface area (Å²) in [6, 6.07) is 3.41. The van der Waals surface area contributed by atoms with Gasteiger partial charge in [-0.05, 0) is 38.3 Å². The quantitative estimate of drug-likeness (QED) is 0.836. The summed E-state index contributed by atoms with van der Waals surface area (Å²) >= 11 is 0. The second-order valence-electron chi connectivity index (χ2n) is 7.63. The summed E-state index contributed by atoms with van der Waals surface area (Å²) in [6.07, 6.45) is 6.04. The highest BCUT2D eigenvalue weighted by Crippen LogP contribution is 2.26. The van der Waals surface area contributed by atoms with Gasteiger partial charge in [0, 0.05) is 31.5 Å². The van der Waals surface area contributed by atoms with Crippen molar-refractivity contribution >= 4 is 11.8 Å². The van der Waals surface area contributed by atoms with E-state index in [4.69, 9.17) is 4.74 Å². The maximum absolute atomic E-state index is 13.2. The van der Waals surface area contributed by atoms with Crippen LogP contribution in [0.1, 0.15) is 71.5 Å². The molecule has 2 aromatic rings. The minimum absolute atomic E-state index is 0.00404. The average molecular weight is 397 g/mol. The standard InChI is InChI=1S/C21H27N5O3/c1-3-16(19-22-7-5-8-23-19)24-20(27)15-12-17(26-10-11-29-13-18(15)26)21(28)25-9-4-6-14(25)2/h5,7-8,12,14,16H,3-4,6,9-11,13H2,1-2H3,(H,24,27). The molecule has 2 amide bonds. The third-order valence-corrected chi connectivity index (χ3v) is 5.80. The van der Waals surface area contributed by atoms with E-state index in [1.807, 2.05) is 16.4 Å². The number of fused-ring (bicyclic) bond motifs is 1. The zero-order valence-electron chi connectivity index (χ0n) is 16.9. The lowest BCUT2D eigenvalue weighted by Gasteiger charge is -2.24. The molecule has 2 unspecified atom stereocenters. The van der Waals surface area contributed by atoms with Crippen LogP contribution in [-0.2, 0) is 17.9 Å². The predicted molar refractivity (Wildman–Crippen MR) is 106 cm³/mol. The zero-order valence-corrected chi connectivity index (χ0v) is 16.9. The fourth-order valence-corrected chi connectivity index (χ4v) is 4.16. The van der Waals surface area contributed by atoms with Crippen LogP contribution >= 0.6 is 0 Å². The Morgan fingerprint density at radius 2 is 2.10 bits per heavy atom. The van der Waals surface area contributed by atoms with Crippen LogP contribution < -0.4 is 5.32 Å². The molecule has 0 spiro atoms. The number of hydrogen-bond acceptors (Lipinski definition) is 5. The third kappa shape index (κ3) is 3.76. The van der Waals surface area contributed by atoms with Gasteiger partial charge in [0.25, 0.3) is 11.8 Å². The summed E-state index contributed by atoms with van der Waals surface area (Å²) in [5.41, 5.74) is 1.83. The summed E-state index contributed by atoms with van der Waals surface area (Å²) in [5.74, 6) is 0.345. The molecule has 2 aliphatic rings. The van der Waals surface area contributed by atoms with Crippen molar-refractivity contribution in [3.8, 4) is 0 Å². The Balaban J connectivity index is 1.62. The molecule has 1 N–H and O–H groups in total. The normalized spacial score (nSPS) is 19.7. The van der Waals surface area contributed by atoms with E-state index in [2.05, 4.69) is 22.2 Å². The monoisotopic (exact) mass is 397 g/mol. The zero-order chi connectivity index (χ0) is 20.4. The second-order valence-corrected chi connectivity index (χ2v) is 7.63. The number of ether oxygens (including phenoxy) is 1. The molecular weight excluding hydrogens is 370 g/mol. The largest absolute Gasteiger partial charge is 0.373 e. The Labute approximate surface area is 170 Å². The van der Waals surface area contributed by atoms with Gasteiger partial charge in [-0.25, -0.2) is 9.97 Å². The summed E-state index contributed by atoms with van der Waals surface area (Å²) in [4.78, 5) is 36.7.